The second-order valence-corrected chi connectivity index (χ2v) is 8.77. The van der Waals surface area contributed by atoms with Crippen LogP contribution in [0.1, 0.15) is 46.4 Å². The van der Waals surface area contributed by atoms with Gasteiger partial charge in [-0.15, -0.1) is 0 Å². The van der Waals surface area contributed by atoms with Crippen molar-refractivity contribution in [2.24, 2.45) is 0 Å². The number of benzene rings is 2. The number of carbonyl (C=O) groups excluding carboxylic acids is 1. The Hall–Kier alpha value is -3.55. The number of hydrogen-bond donors (Lipinski definition) is 0. The Morgan fingerprint density at radius 1 is 0.971 bits per heavy atom. The third-order valence-electron chi connectivity index (χ3n) is 6.38. The number of halogens is 2. The van der Waals surface area contributed by atoms with Gasteiger partial charge in [0.1, 0.15) is 17.4 Å². The van der Waals surface area contributed by atoms with Crippen LogP contribution in [0.5, 0.6) is 11.6 Å². The van der Waals surface area contributed by atoms with Crippen molar-refractivity contribution in [3.63, 3.8) is 0 Å². The maximum atomic E-state index is 14.3. The summed E-state index contributed by atoms with van der Waals surface area (Å²) in [6.07, 6.45) is 3.86. The Kier molecular flexibility index (Phi) is 6.13. The van der Waals surface area contributed by atoms with Crippen LogP contribution in [0.4, 0.5) is 14.7 Å². The molecule has 0 unspecified atom stereocenters. The molecule has 0 radical (unpaired) electrons. The number of rotatable bonds is 4. The van der Waals surface area contributed by atoms with Crippen molar-refractivity contribution in [2.75, 3.05) is 24.5 Å². The summed E-state index contributed by atoms with van der Waals surface area (Å²) in [6, 6.07) is 10.5. The van der Waals surface area contributed by atoms with Crippen LogP contribution in [0.25, 0.3) is 0 Å². The molecule has 6 nitrogen and oxygen atoms in total. The molecule has 3 heterocycles. The summed E-state index contributed by atoms with van der Waals surface area (Å²) in [5.41, 5.74) is 2.02. The van der Waals surface area contributed by atoms with E-state index in [0.717, 1.165) is 31.6 Å². The third-order valence-corrected chi connectivity index (χ3v) is 6.38. The van der Waals surface area contributed by atoms with Gasteiger partial charge in [0.05, 0.1) is 23.4 Å². The standard InChI is InChI=1S/C26H26F2N4O2/c1-17-15-18(9-10-21(17)27)34-24-20-16-32(25(33)19-7-3-4-8-22(19)28)14-11-23(20)29-26(30-24)31-12-5-2-6-13-31/h3-4,7-10,15H,2,5-6,11-14,16H2,1H3. The van der Waals surface area contributed by atoms with Gasteiger partial charge >= 0.3 is 0 Å². The first-order valence-electron chi connectivity index (χ1n) is 11.6. The van der Waals surface area contributed by atoms with E-state index in [2.05, 4.69) is 4.90 Å². The fourth-order valence-electron chi connectivity index (χ4n) is 4.46. The van der Waals surface area contributed by atoms with E-state index in [1.165, 1.54) is 24.6 Å². The minimum atomic E-state index is -0.548. The molecule has 0 aliphatic carbocycles. The number of aryl methyl sites for hydroxylation is 1. The van der Waals surface area contributed by atoms with Crippen molar-refractivity contribution in [1.82, 2.24) is 14.9 Å². The van der Waals surface area contributed by atoms with Crippen molar-refractivity contribution in [1.29, 1.82) is 0 Å². The van der Waals surface area contributed by atoms with Gasteiger partial charge in [-0.05, 0) is 62.1 Å². The average molecular weight is 465 g/mol. The van der Waals surface area contributed by atoms with E-state index >= 15 is 0 Å². The van der Waals surface area contributed by atoms with Gasteiger partial charge in [-0.3, -0.25) is 4.79 Å². The predicted molar refractivity (Wildman–Crippen MR) is 124 cm³/mol. The first-order chi connectivity index (χ1) is 16.5. The highest BCUT2D eigenvalue weighted by Crippen LogP contribution is 2.33. The molecule has 1 saturated heterocycles. The fraction of sp³-hybridized carbons (Fsp3) is 0.346. The molecule has 3 aromatic rings. The molecule has 2 aliphatic heterocycles. The van der Waals surface area contributed by atoms with E-state index in [1.807, 2.05) is 0 Å². The molecule has 1 aromatic heterocycles. The monoisotopic (exact) mass is 464 g/mol. The van der Waals surface area contributed by atoms with Crippen LogP contribution < -0.4 is 9.64 Å². The molecule has 2 aromatic carbocycles. The van der Waals surface area contributed by atoms with Crippen molar-refractivity contribution < 1.29 is 18.3 Å². The zero-order valence-corrected chi connectivity index (χ0v) is 19.1. The van der Waals surface area contributed by atoms with Gasteiger partial charge in [0.15, 0.2) is 0 Å². The van der Waals surface area contributed by atoms with Crippen LogP contribution >= 0.6 is 0 Å². The Labute approximate surface area is 197 Å². The quantitative estimate of drug-likeness (QED) is 0.541. The predicted octanol–water partition coefficient (Wildman–Crippen LogP) is 5.04. The van der Waals surface area contributed by atoms with Gasteiger partial charge in [0.25, 0.3) is 5.91 Å². The van der Waals surface area contributed by atoms with Crippen LogP contribution in [0.2, 0.25) is 0 Å². The zero-order valence-electron chi connectivity index (χ0n) is 19.1. The lowest BCUT2D eigenvalue weighted by molar-refractivity contribution is 0.0727. The molecule has 1 fully saturated rings. The summed E-state index contributed by atoms with van der Waals surface area (Å²) in [5.74, 6) is 0.180. The zero-order chi connectivity index (χ0) is 23.7. The summed E-state index contributed by atoms with van der Waals surface area (Å²) in [4.78, 5) is 26.3. The summed E-state index contributed by atoms with van der Waals surface area (Å²) < 4.78 is 34.2. The molecule has 0 N–H and O–H groups in total. The molecule has 0 atom stereocenters. The summed E-state index contributed by atoms with van der Waals surface area (Å²) in [5, 5.41) is 0. The molecule has 0 spiro atoms. The second-order valence-electron chi connectivity index (χ2n) is 8.77. The third kappa shape index (κ3) is 4.44. The second kappa shape index (κ2) is 9.37. The minimum absolute atomic E-state index is 0.0356. The number of anilines is 1. The number of hydrogen-bond acceptors (Lipinski definition) is 5. The molecule has 5 rings (SSSR count). The molecule has 176 valence electrons. The molecule has 34 heavy (non-hydrogen) atoms. The van der Waals surface area contributed by atoms with Crippen LogP contribution in [-0.4, -0.2) is 40.4 Å². The normalized spacial score (nSPS) is 15.7. The fourth-order valence-corrected chi connectivity index (χ4v) is 4.46. The summed E-state index contributed by atoms with van der Waals surface area (Å²) in [6.45, 7) is 4.06. The van der Waals surface area contributed by atoms with Gasteiger partial charge in [-0.2, -0.15) is 4.98 Å². The number of fused-ring (bicyclic) bond motifs is 1. The lowest BCUT2D eigenvalue weighted by Crippen LogP contribution is -2.38. The Balaban J connectivity index is 1.50. The molecular weight excluding hydrogens is 438 g/mol. The Morgan fingerprint density at radius 2 is 1.76 bits per heavy atom. The number of carbonyl (C=O) groups is 1. The number of nitrogens with zero attached hydrogens (tertiary/aromatic N) is 4. The average Bonchev–Trinajstić information content (AvgIpc) is 2.86. The Morgan fingerprint density at radius 3 is 2.53 bits per heavy atom. The first-order valence-corrected chi connectivity index (χ1v) is 11.6. The van der Waals surface area contributed by atoms with E-state index in [1.54, 1.807) is 36.1 Å². The lowest BCUT2D eigenvalue weighted by Gasteiger charge is -2.32. The smallest absolute Gasteiger partial charge is 0.257 e. The van der Waals surface area contributed by atoms with Gasteiger partial charge in [-0.25, -0.2) is 13.8 Å². The lowest BCUT2D eigenvalue weighted by atomic mass is 10.0. The molecule has 0 bridgehead atoms. The number of piperidine rings is 1. The van der Waals surface area contributed by atoms with E-state index in [-0.39, 0.29) is 23.8 Å². The van der Waals surface area contributed by atoms with E-state index in [0.29, 0.717) is 41.7 Å². The van der Waals surface area contributed by atoms with Crippen LogP contribution in [0, 0.1) is 18.6 Å². The molecule has 1 amide bonds. The largest absolute Gasteiger partial charge is 0.438 e. The van der Waals surface area contributed by atoms with Crippen molar-refractivity contribution in [3.8, 4) is 11.6 Å². The summed E-state index contributed by atoms with van der Waals surface area (Å²) >= 11 is 0. The Bertz CT molecular complexity index is 1230. The maximum Gasteiger partial charge on any atom is 0.257 e. The van der Waals surface area contributed by atoms with Gasteiger partial charge in [-0.1, -0.05) is 12.1 Å². The van der Waals surface area contributed by atoms with Gasteiger partial charge < -0.3 is 14.5 Å². The minimum Gasteiger partial charge on any atom is -0.438 e. The summed E-state index contributed by atoms with van der Waals surface area (Å²) in [7, 11) is 0. The van der Waals surface area contributed by atoms with Gasteiger partial charge in [0.2, 0.25) is 11.8 Å². The topological polar surface area (TPSA) is 58.6 Å². The van der Waals surface area contributed by atoms with E-state index < -0.39 is 5.82 Å². The van der Waals surface area contributed by atoms with Gasteiger partial charge in [0, 0.05) is 26.1 Å². The van der Waals surface area contributed by atoms with Crippen LogP contribution in [0.15, 0.2) is 42.5 Å². The van der Waals surface area contributed by atoms with Crippen molar-refractivity contribution in [2.45, 2.75) is 39.2 Å². The van der Waals surface area contributed by atoms with Crippen molar-refractivity contribution in [3.05, 3.63) is 76.5 Å². The van der Waals surface area contributed by atoms with Crippen LogP contribution in [-0.2, 0) is 13.0 Å². The van der Waals surface area contributed by atoms with Crippen LogP contribution in [0.3, 0.4) is 0 Å². The maximum absolute atomic E-state index is 14.3. The number of ether oxygens (including phenoxy) is 1. The highest BCUT2D eigenvalue weighted by Gasteiger charge is 2.29. The SMILES string of the molecule is Cc1cc(Oc2nc(N3CCCCC3)nc3c2CN(C(=O)c2ccccc2F)CC3)ccc1F. The number of aromatic nitrogens is 2. The molecule has 8 heteroatoms. The molecular formula is C26H26F2N4O2. The number of amides is 1. The van der Waals surface area contributed by atoms with E-state index in [4.69, 9.17) is 14.7 Å². The molecule has 2 aliphatic rings. The highest BCUT2D eigenvalue weighted by molar-refractivity contribution is 5.94. The van der Waals surface area contributed by atoms with E-state index in [9.17, 15) is 13.6 Å². The molecule has 0 saturated carbocycles. The first kappa shape index (κ1) is 22.3. The van der Waals surface area contributed by atoms with Crippen molar-refractivity contribution >= 4 is 11.9 Å². The highest BCUT2D eigenvalue weighted by atomic mass is 19.1.